The third-order valence-corrected chi connectivity index (χ3v) is 3.89. The van der Waals surface area contributed by atoms with E-state index in [1.807, 2.05) is 4.72 Å². The van der Waals surface area contributed by atoms with Crippen LogP contribution in [0.25, 0.3) is 0 Å². The van der Waals surface area contributed by atoms with Gasteiger partial charge in [-0.2, -0.15) is 13.2 Å². The molecule has 5 nitrogen and oxygen atoms in total. The average Bonchev–Trinajstić information content (AvgIpc) is 2.34. The first kappa shape index (κ1) is 17.4. The molecule has 0 atom stereocenters. The van der Waals surface area contributed by atoms with Crippen LogP contribution in [0.1, 0.15) is 11.1 Å². The Labute approximate surface area is 120 Å². The highest BCUT2D eigenvalue weighted by Crippen LogP contribution is 2.32. The van der Waals surface area contributed by atoms with Crippen LogP contribution >= 0.6 is 0 Å². The van der Waals surface area contributed by atoms with Gasteiger partial charge in [0.1, 0.15) is 0 Å². The van der Waals surface area contributed by atoms with Gasteiger partial charge < -0.3 is 4.90 Å². The lowest BCUT2D eigenvalue weighted by Gasteiger charge is -2.14. The fraction of sp³-hybridized carbons (Fsp3) is 0.417. The Bertz CT molecular complexity index is 612. The Hall–Kier alpha value is -1.61. The number of alkyl halides is 3. The molecule has 0 fully saturated rings. The predicted molar refractivity (Wildman–Crippen MR) is 70.8 cm³/mol. The molecule has 0 bridgehead atoms. The molecule has 0 unspecified atom stereocenters. The number of benzene rings is 1. The van der Waals surface area contributed by atoms with Gasteiger partial charge in [0, 0.05) is 14.1 Å². The highest BCUT2D eigenvalue weighted by atomic mass is 32.2. The van der Waals surface area contributed by atoms with Gasteiger partial charge >= 0.3 is 6.18 Å². The molecule has 1 N–H and O–H groups in total. The predicted octanol–water partition coefficient (Wildman–Crippen LogP) is 1.21. The van der Waals surface area contributed by atoms with Crippen molar-refractivity contribution < 1.29 is 26.4 Å². The van der Waals surface area contributed by atoms with E-state index in [1.54, 1.807) is 0 Å². The molecular weight excluding hydrogens is 309 g/mol. The number of carbonyl (C=O) groups is 1. The summed E-state index contributed by atoms with van der Waals surface area (Å²) in [6, 6.07) is 4.42. The van der Waals surface area contributed by atoms with Crippen LogP contribution in [-0.4, -0.2) is 39.9 Å². The lowest BCUT2D eigenvalue weighted by Crippen LogP contribution is -2.36. The lowest BCUT2D eigenvalue weighted by atomic mass is 10.1. The molecule has 0 aromatic heterocycles. The molecule has 0 spiro atoms. The number of halogens is 3. The molecule has 21 heavy (non-hydrogen) atoms. The van der Waals surface area contributed by atoms with E-state index >= 15 is 0 Å². The van der Waals surface area contributed by atoms with Gasteiger partial charge in [-0.15, -0.1) is 0 Å². The standard InChI is InChI=1S/C12H15F3N2O3S/c1-17(2)11(18)7-16-21(19,20)8-9-5-3-4-6-10(9)12(13,14)15/h3-6,16H,7-8H2,1-2H3. The Balaban J connectivity index is 2.88. The molecule has 0 saturated heterocycles. The van der Waals surface area contributed by atoms with Gasteiger partial charge in [-0.1, -0.05) is 18.2 Å². The summed E-state index contributed by atoms with van der Waals surface area (Å²) in [5.74, 6) is -1.34. The fourth-order valence-corrected chi connectivity index (χ4v) is 2.61. The van der Waals surface area contributed by atoms with Crippen LogP contribution in [0.3, 0.4) is 0 Å². The maximum atomic E-state index is 12.8. The maximum Gasteiger partial charge on any atom is 0.416 e. The molecule has 9 heteroatoms. The van der Waals surface area contributed by atoms with Crippen LogP contribution in [-0.2, 0) is 26.7 Å². The van der Waals surface area contributed by atoms with Crippen molar-refractivity contribution >= 4 is 15.9 Å². The van der Waals surface area contributed by atoms with Gasteiger partial charge in [0.15, 0.2) is 0 Å². The van der Waals surface area contributed by atoms with Gasteiger partial charge in [0.05, 0.1) is 17.9 Å². The van der Waals surface area contributed by atoms with Crippen LogP contribution in [0, 0.1) is 0 Å². The second-order valence-electron chi connectivity index (χ2n) is 4.52. The van der Waals surface area contributed by atoms with Crippen molar-refractivity contribution in [3.63, 3.8) is 0 Å². The summed E-state index contributed by atoms with van der Waals surface area (Å²) in [5.41, 5.74) is -1.37. The molecule has 0 aliphatic rings. The summed E-state index contributed by atoms with van der Waals surface area (Å²) in [6.07, 6.45) is -4.63. The SMILES string of the molecule is CN(C)C(=O)CNS(=O)(=O)Cc1ccccc1C(F)(F)F. The van der Waals surface area contributed by atoms with Crippen LogP contribution in [0.4, 0.5) is 13.2 Å². The van der Waals surface area contributed by atoms with Crippen molar-refractivity contribution in [2.24, 2.45) is 0 Å². The number of sulfonamides is 1. The number of carbonyl (C=O) groups excluding carboxylic acids is 1. The van der Waals surface area contributed by atoms with Crippen molar-refractivity contribution in [3.8, 4) is 0 Å². The zero-order valence-electron chi connectivity index (χ0n) is 11.4. The number of amides is 1. The van der Waals surface area contributed by atoms with E-state index in [0.717, 1.165) is 12.1 Å². The summed E-state index contributed by atoms with van der Waals surface area (Å²) < 4.78 is 63.8. The molecule has 0 aliphatic carbocycles. The van der Waals surface area contributed by atoms with Crippen LogP contribution < -0.4 is 4.72 Å². The van der Waals surface area contributed by atoms with Crippen LogP contribution in [0.2, 0.25) is 0 Å². The van der Waals surface area contributed by atoms with E-state index < -0.39 is 40.0 Å². The topological polar surface area (TPSA) is 66.5 Å². The van der Waals surface area contributed by atoms with Gasteiger partial charge in [-0.25, -0.2) is 13.1 Å². The minimum Gasteiger partial charge on any atom is -0.348 e. The van der Waals surface area contributed by atoms with Gasteiger partial charge in [0.25, 0.3) is 0 Å². The van der Waals surface area contributed by atoms with Crippen molar-refractivity contribution in [2.45, 2.75) is 11.9 Å². The lowest BCUT2D eigenvalue weighted by molar-refractivity contribution is -0.138. The highest BCUT2D eigenvalue weighted by Gasteiger charge is 2.34. The summed E-state index contributed by atoms with van der Waals surface area (Å²) in [4.78, 5) is 12.5. The van der Waals surface area contributed by atoms with Crippen molar-refractivity contribution in [2.75, 3.05) is 20.6 Å². The van der Waals surface area contributed by atoms with E-state index in [0.29, 0.717) is 0 Å². The minimum atomic E-state index is -4.63. The molecule has 118 valence electrons. The quantitative estimate of drug-likeness (QED) is 0.885. The molecule has 1 aromatic rings. The Morgan fingerprint density at radius 2 is 1.81 bits per heavy atom. The maximum absolute atomic E-state index is 12.8. The smallest absolute Gasteiger partial charge is 0.348 e. The van der Waals surface area contributed by atoms with Gasteiger partial charge in [-0.3, -0.25) is 4.79 Å². The fourth-order valence-electron chi connectivity index (χ4n) is 1.51. The summed E-state index contributed by atoms with van der Waals surface area (Å²) in [5, 5.41) is 0. The van der Waals surface area contributed by atoms with E-state index in [4.69, 9.17) is 0 Å². The van der Waals surface area contributed by atoms with Crippen molar-refractivity contribution in [1.82, 2.24) is 9.62 Å². The molecule has 0 saturated carbocycles. The number of likely N-dealkylation sites (N-methyl/N-ethyl adjacent to an activating group) is 1. The number of hydrogen-bond donors (Lipinski definition) is 1. The first-order valence-corrected chi connectivity index (χ1v) is 7.51. The molecule has 1 amide bonds. The number of rotatable bonds is 5. The zero-order chi connectivity index (χ0) is 16.3. The molecule has 0 heterocycles. The van der Waals surface area contributed by atoms with E-state index in [-0.39, 0.29) is 5.56 Å². The average molecular weight is 324 g/mol. The molecule has 1 rings (SSSR count). The normalized spacial score (nSPS) is 12.2. The minimum absolute atomic E-state index is 0.366. The Kier molecular flexibility index (Phi) is 5.35. The summed E-state index contributed by atoms with van der Waals surface area (Å²) >= 11 is 0. The first-order valence-electron chi connectivity index (χ1n) is 5.85. The van der Waals surface area contributed by atoms with Gasteiger partial charge in [-0.05, 0) is 11.6 Å². The highest BCUT2D eigenvalue weighted by molar-refractivity contribution is 7.88. The zero-order valence-corrected chi connectivity index (χ0v) is 12.3. The van der Waals surface area contributed by atoms with E-state index in [9.17, 15) is 26.4 Å². The molecular formula is C12H15F3N2O3S. The van der Waals surface area contributed by atoms with Crippen molar-refractivity contribution in [3.05, 3.63) is 35.4 Å². The Morgan fingerprint density at radius 1 is 1.24 bits per heavy atom. The first-order chi connectivity index (χ1) is 9.53. The van der Waals surface area contributed by atoms with Crippen molar-refractivity contribution in [1.29, 1.82) is 0 Å². The molecule has 0 radical (unpaired) electrons. The van der Waals surface area contributed by atoms with E-state index in [2.05, 4.69) is 0 Å². The largest absolute Gasteiger partial charge is 0.416 e. The third-order valence-electron chi connectivity index (χ3n) is 2.61. The number of hydrogen-bond acceptors (Lipinski definition) is 3. The summed E-state index contributed by atoms with van der Waals surface area (Å²) in [7, 11) is -1.16. The molecule has 0 aliphatic heterocycles. The van der Waals surface area contributed by atoms with Crippen LogP contribution in [0.15, 0.2) is 24.3 Å². The second kappa shape index (κ2) is 6.44. The van der Waals surface area contributed by atoms with Crippen LogP contribution in [0.5, 0.6) is 0 Å². The monoisotopic (exact) mass is 324 g/mol. The molecule has 1 aromatic carbocycles. The van der Waals surface area contributed by atoms with Gasteiger partial charge in [0.2, 0.25) is 15.9 Å². The second-order valence-corrected chi connectivity index (χ2v) is 6.33. The number of nitrogens with one attached hydrogen (secondary N) is 1. The van der Waals surface area contributed by atoms with E-state index in [1.165, 1.54) is 31.1 Å². The number of nitrogens with zero attached hydrogens (tertiary/aromatic N) is 1. The third kappa shape index (κ3) is 5.35. The summed E-state index contributed by atoms with van der Waals surface area (Å²) in [6.45, 7) is -0.497. The Morgan fingerprint density at radius 3 is 2.33 bits per heavy atom.